The van der Waals surface area contributed by atoms with Crippen molar-refractivity contribution in [2.45, 2.75) is 76.9 Å². The maximum absolute atomic E-state index is 9.95. The fourth-order valence-corrected chi connectivity index (χ4v) is 3.48. The summed E-state index contributed by atoms with van der Waals surface area (Å²) in [5.41, 5.74) is 0.462. The molecule has 2 aliphatic carbocycles. The Balaban J connectivity index is 1.52. The summed E-state index contributed by atoms with van der Waals surface area (Å²) in [6.45, 7) is 4.56. The molecule has 0 amide bonds. The monoisotopic (exact) mass is 269 g/mol. The summed E-state index contributed by atoms with van der Waals surface area (Å²) in [6.07, 6.45) is 11.7. The third-order valence-corrected chi connectivity index (χ3v) is 4.82. The molecule has 1 unspecified atom stereocenters. The second-order valence-electron chi connectivity index (χ2n) is 6.90. The lowest BCUT2D eigenvalue weighted by atomic mass is 9.89. The molecule has 0 spiro atoms. The van der Waals surface area contributed by atoms with Crippen LogP contribution in [-0.2, 0) is 4.74 Å². The van der Waals surface area contributed by atoms with E-state index in [4.69, 9.17) is 4.74 Å². The highest BCUT2D eigenvalue weighted by atomic mass is 16.5. The Morgan fingerprint density at radius 3 is 2.53 bits per heavy atom. The second kappa shape index (κ2) is 7.61. The fraction of sp³-hybridized carbons (Fsp3) is 1.00. The molecule has 2 fully saturated rings. The molecule has 0 aliphatic heterocycles. The Hall–Kier alpha value is -0.120. The van der Waals surface area contributed by atoms with Crippen LogP contribution in [0.2, 0.25) is 0 Å². The molecule has 2 rings (SSSR count). The van der Waals surface area contributed by atoms with Crippen molar-refractivity contribution in [3.05, 3.63) is 0 Å². The Kier molecular flexibility index (Phi) is 6.11. The lowest BCUT2D eigenvalue weighted by Gasteiger charge is -2.26. The largest absolute Gasteiger partial charge is 0.389 e. The molecule has 3 heteroatoms. The number of rotatable bonds is 7. The van der Waals surface area contributed by atoms with Crippen molar-refractivity contribution in [2.24, 2.45) is 5.41 Å². The minimum Gasteiger partial charge on any atom is -0.389 e. The van der Waals surface area contributed by atoms with Gasteiger partial charge in [-0.3, -0.25) is 0 Å². The van der Waals surface area contributed by atoms with Gasteiger partial charge in [-0.25, -0.2) is 0 Å². The summed E-state index contributed by atoms with van der Waals surface area (Å²) in [6, 6.07) is 0. The molecule has 0 bridgehead atoms. The van der Waals surface area contributed by atoms with Crippen LogP contribution >= 0.6 is 0 Å². The van der Waals surface area contributed by atoms with E-state index in [9.17, 15) is 5.11 Å². The quantitative estimate of drug-likeness (QED) is 0.747. The molecule has 3 nitrogen and oxygen atoms in total. The first-order valence-electron chi connectivity index (χ1n) is 8.18. The van der Waals surface area contributed by atoms with Crippen molar-refractivity contribution in [2.75, 3.05) is 19.7 Å². The Morgan fingerprint density at radius 1 is 1.16 bits per heavy atom. The average Bonchev–Trinajstić information content (AvgIpc) is 2.85. The van der Waals surface area contributed by atoms with Gasteiger partial charge in [0.25, 0.3) is 0 Å². The van der Waals surface area contributed by atoms with Crippen LogP contribution in [0.4, 0.5) is 0 Å². The van der Waals surface area contributed by atoms with E-state index >= 15 is 0 Å². The van der Waals surface area contributed by atoms with Crippen LogP contribution in [0.5, 0.6) is 0 Å². The fourth-order valence-electron chi connectivity index (χ4n) is 3.48. The van der Waals surface area contributed by atoms with Gasteiger partial charge in [0.05, 0.1) is 18.8 Å². The minimum absolute atomic E-state index is 0.355. The molecule has 1 atom stereocenters. The lowest BCUT2D eigenvalue weighted by Crippen LogP contribution is -2.37. The maximum atomic E-state index is 9.95. The molecule has 2 saturated carbocycles. The number of hydrogen-bond acceptors (Lipinski definition) is 3. The molecule has 2 aliphatic rings. The zero-order valence-electron chi connectivity index (χ0n) is 12.5. The summed E-state index contributed by atoms with van der Waals surface area (Å²) in [5, 5.41) is 13.4. The zero-order chi connectivity index (χ0) is 13.6. The minimum atomic E-state index is -0.355. The summed E-state index contributed by atoms with van der Waals surface area (Å²) in [4.78, 5) is 0. The highest BCUT2D eigenvalue weighted by molar-refractivity contribution is 4.82. The summed E-state index contributed by atoms with van der Waals surface area (Å²) in [7, 11) is 0. The number of aliphatic hydroxyl groups is 1. The van der Waals surface area contributed by atoms with Crippen molar-refractivity contribution < 1.29 is 9.84 Å². The van der Waals surface area contributed by atoms with Gasteiger partial charge >= 0.3 is 0 Å². The Bertz CT molecular complexity index is 245. The van der Waals surface area contributed by atoms with Gasteiger partial charge in [0.15, 0.2) is 0 Å². The van der Waals surface area contributed by atoms with Crippen molar-refractivity contribution in [3.63, 3.8) is 0 Å². The smallest absolute Gasteiger partial charge is 0.0897 e. The van der Waals surface area contributed by atoms with Gasteiger partial charge in [-0.1, -0.05) is 39.0 Å². The average molecular weight is 269 g/mol. The molecule has 19 heavy (non-hydrogen) atoms. The second-order valence-corrected chi connectivity index (χ2v) is 6.90. The molecule has 2 N–H and O–H groups in total. The van der Waals surface area contributed by atoms with Crippen molar-refractivity contribution in [3.8, 4) is 0 Å². The van der Waals surface area contributed by atoms with E-state index in [1.54, 1.807) is 0 Å². The van der Waals surface area contributed by atoms with E-state index in [-0.39, 0.29) is 6.10 Å². The summed E-state index contributed by atoms with van der Waals surface area (Å²) in [5.74, 6) is 0. The van der Waals surface area contributed by atoms with E-state index in [0.717, 1.165) is 6.54 Å². The first kappa shape index (κ1) is 15.3. The molecule has 0 heterocycles. The molecule has 112 valence electrons. The van der Waals surface area contributed by atoms with Gasteiger partial charge in [-0.15, -0.1) is 0 Å². The SMILES string of the molecule is CC1(CNCC(O)COC2CCCCC2)CCCC1. The maximum Gasteiger partial charge on any atom is 0.0897 e. The van der Waals surface area contributed by atoms with Crippen molar-refractivity contribution in [1.29, 1.82) is 0 Å². The standard InChI is InChI=1S/C16H31NO2/c1-16(9-5-6-10-16)13-17-11-14(18)12-19-15-7-3-2-4-8-15/h14-15,17-18H,2-13H2,1H3. The van der Waals surface area contributed by atoms with Crippen molar-refractivity contribution in [1.82, 2.24) is 5.32 Å². The summed E-state index contributed by atoms with van der Waals surface area (Å²) < 4.78 is 5.80. The van der Waals surface area contributed by atoms with Crippen molar-refractivity contribution >= 4 is 0 Å². The highest BCUT2D eigenvalue weighted by Gasteiger charge is 2.28. The lowest BCUT2D eigenvalue weighted by molar-refractivity contribution is -0.0234. The highest BCUT2D eigenvalue weighted by Crippen LogP contribution is 2.36. The van der Waals surface area contributed by atoms with Gasteiger partial charge in [-0.2, -0.15) is 0 Å². The van der Waals surface area contributed by atoms with E-state index in [1.807, 2.05) is 0 Å². The molecular formula is C16H31NO2. The molecule has 0 aromatic heterocycles. The van der Waals surface area contributed by atoms with E-state index < -0.39 is 0 Å². The van der Waals surface area contributed by atoms with Crippen LogP contribution < -0.4 is 5.32 Å². The molecular weight excluding hydrogens is 238 g/mol. The van der Waals surface area contributed by atoms with Crippen LogP contribution in [0.15, 0.2) is 0 Å². The predicted octanol–water partition coefficient (Wildman–Crippen LogP) is 2.87. The molecule has 0 aromatic rings. The van der Waals surface area contributed by atoms with Gasteiger partial charge in [-0.05, 0) is 31.1 Å². The van der Waals surface area contributed by atoms with Crippen LogP contribution in [0.1, 0.15) is 64.7 Å². The van der Waals surface area contributed by atoms with E-state index in [2.05, 4.69) is 12.2 Å². The number of hydrogen-bond donors (Lipinski definition) is 2. The zero-order valence-corrected chi connectivity index (χ0v) is 12.5. The topological polar surface area (TPSA) is 41.5 Å². The summed E-state index contributed by atoms with van der Waals surface area (Å²) >= 11 is 0. The Labute approximate surface area is 118 Å². The normalized spacial score (nSPS) is 25.6. The molecule has 0 radical (unpaired) electrons. The number of ether oxygens (including phenoxy) is 1. The van der Waals surface area contributed by atoms with Gasteiger partial charge in [0.1, 0.15) is 0 Å². The predicted molar refractivity (Wildman–Crippen MR) is 78.3 cm³/mol. The van der Waals surface area contributed by atoms with Crippen LogP contribution in [-0.4, -0.2) is 37.0 Å². The van der Waals surface area contributed by atoms with E-state index in [1.165, 1.54) is 57.8 Å². The number of nitrogens with one attached hydrogen (secondary N) is 1. The first-order valence-corrected chi connectivity index (χ1v) is 8.18. The molecule has 0 aromatic carbocycles. The van der Waals surface area contributed by atoms with Crippen LogP contribution in [0.25, 0.3) is 0 Å². The van der Waals surface area contributed by atoms with Crippen LogP contribution in [0, 0.1) is 5.41 Å². The Morgan fingerprint density at radius 2 is 1.84 bits per heavy atom. The molecule has 0 saturated heterocycles. The first-order chi connectivity index (χ1) is 9.18. The third-order valence-electron chi connectivity index (χ3n) is 4.82. The van der Waals surface area contributed by atoms with Gasteiger partial charge < -0.3 is 15.2 Å². The third kappa shape index (κ3) is 5.41. The van der Waals surface area contributed by atoms with Gasteiger partial charge in [0.2, 0.25) is 0 Å². The van der Waals surface area contributed by atoms with E-state index in [0.29, 0.717) is 24.7 Å². The van der Waals surface area contributed by atoms with Gasteiger partial charge in [0, 0.05) is 13.1 Å². The van der Waals surface area contributed by atoms with Crippen LogP contribution in [0.3, 0.4) is 0 Å². The number of aliphatic hydroxyl groups excluding tert-OH is 1.